The molecule has 0 aliphatic heterocycles. The Labute approximate surface area is 218 Å². The van der Waals surface area contributed by atoms with Crippen molar-refractivity contribution in [3.63, 3.8) is 0 Å². The van der Waals surface area contributed by atoms with Crippen LogP contribution >= 0.6 is 11.8 Å². The number of hydrogen-bond acceptors (Lipinski definition) is 7. The van der Waals surface area contributed by atoms with Crippen LogP contribution in [0.1, 0.15) is 72.3 Å². The highest BCUT2D eigenvalue weighted by Crippen LogP contribution is 2.32. The topological polar surface area (TPSA) is 122 Å². The largest absolute Gasteiger partial charge is 0.508 e. The maximum absolute atomic E-state index is 13.6. The highest BCUT2D eigenvalue weighted by Gasteiger charge is 2.45. The Kier molecular flexibility index (Phi) is 11.3. The highest BCUT2D eigenvalue weighted by atomic mass is 32.2. The lowest BCUT2D eigenvalue weighted by atomic mass is 9.94. The molecule has 36 heavy (non-hydrogen) atoms. The molecular weight excluding hydrogens is 480 g/mol. The van der Waals surface area contributed by atoms with Gasteiger partial charge in [-0.15, -0.1) is 0 Å². The van der Waals surface area contributed by atoms with Gasteiger partial charge < -0.3 is 20.5 Å². The van der Waals surface area contributed by atoms with Crippen LogP contribution in [0.2, 0.25) is 0 Å². The minimum atomic E-state index is -1.15. The first-order chi connectivity index (χ1) is 16.9. The van der Waals surface area contributed by atoms with Crippen LogP contribution in [0.5, 0.6) is 5.75 Å². The molecule has 3 N–H and O–H groups in total. The lowest BCUT2D eigenvalue weighted by Crippen LogP contribution is -2.61. The standard InChI is InChI=1S/C27H40N2O6S/c1-17(2)12-15-35-25(33)22(16-20-8-10-21(31)11-9-20)28-26(34)27(13-6-7-14-27)29-24(32)23(18(3)4)36-19(5)30/h8-11,17-18,22-23,31H,6-7,12-16H2,1-5H3,(H,28,34)(H,29,32)/t22-,23-/m0/s1. The molecule has 0 radical (unpaired) electrons. The van der Waals surface area contributed by atoms with Gasteiger partial charge in [0.15, 0.2) is 5.12 Å². The Morgan fingerprint density at radius 1 is 1.06 bits per heavy atom. The van der Waals surface area contributed by atoms with Crippen LogP contribution in [-0.4, -0.2) is 51.4 Å². The van der Waals surface area contributed by atoms with Gasteiger partial charge >= 0.3 is 5.97 Å². The van der Waals surface area contributed by atoms with E-state index in [4.69, 9.17) is 4.74 Å². The molecule has 1 aromatic rings. The monoisotopic (exact) mass is 520 g/mol. The molecule has 0 saturated heterocycles. The number of carbonyl (C=O) groups is 4. The molecule has 0 bridgehead atoms. The van der Waals surface area contributed by atoms with Gasteiger partial charge in [-0.05, 0) is 48.8 Å². The fraction of sp³-hybridized carbons (Fsp3) is 0.630. The second-order valence-electron chi connectivity index (χ2n) is 10.3. The third kappa shape index (κ3) is 8.84. The summed E-state index contributed by atoms with van der Waals surface area (Å²) in [7, 11) is 0. The van der Waals surface area contributed by atoms with Gasteiger partial charge in [0.2, 0.25) is 11.8 Å². The van der Waals surface area contributed by atoms with Crippen LogP contribution in [0.4, 0.5) is 0 Å². The van der Waals surface area contributed by atoms with E-state index in [0.717, 1.165) is 30.2 Å². The van der Waals surface area contributed by atoms with Gasteiger partial charge in [0.05, 0.1) is 11.9 Å². The molecule has 1 aromatic carbocycles. The molecule has 2 atom stereocenters. The van der Waals surface area contributed by atoms with E-state index in [1.54, 1.807) is 12.1 Å². The lowest BCUT2D eigenvalue weighted by molar-refractivity contribution is -0.149. The molecule has 8 nitrogen and oxygen atoms in total. The molecule has 0 heterocycles. The van der Waals surface area contributed by atoms with E-state index >= 15 is 0 Å². The van der Waals surface area contributed by atoms with Crippen molar-refractivity contribution >= 4 is 34.7 Å². The molecular formula is C27H40N2O6S. The van der Waals surface area contributed by atoms with E-state index in [1.807, 2.05) is 27.7 Å². The number of carbonyl (C=O) groups excluding carboxylic acids is 4. The fourth-order valence-electron chi connectivity index (χ4n) is 4.22. The van der Waals surface area contributed by atoms with Gasteiger partial charge in [-0.1, -0.05) is 64.4 Å². The third-order valence-corrected chi connectivity index (χ3v) is 7.66. The third-order valence-electron chi connectivity index (χ3n) is 6.32. The summed E-state index contributed by atoms with van der Waals surface area (Å²) in [5.74, 6) is -0.941. The fourth-order valence-corrected chi connectivity index (χ4v) is 5.01. The average molecular weight is 521 g/mol. The first kappa shape index (κ1) is 29.7. The molecule has 2 amide bonds. The van der Waals surface area contributed by atoms with E-state index in [1.165, 1.54) is 19.1 Å². The van der Waals surface area contributed by atoms with Crippen molar-refractivity contribution in [3.05, 3.63) is 29.8 Å². The van der Waals surface area contributed by atoms with Gasteiger partial charge in [-0.3, -0.25) is 14.4 Å². The maximum Gasteiger partial charge on any atom is 0.328 e. The van der Waals surface area contributed by atoms with E-state index < -0.39 is 28.7 Å². The Morgan fingerprint density at radius 3 is 2.19 bits per heavy atom. The van der Waals surface area contributed by atoms with Gasteiger partial charge in [0.1, 0.15) is 17.3 Å². The second-order valence-corrected chi connectivity index (χ2v) is 11.6. The van der Waals surface area contributed by atoms with Crippen molar-refractivity contribution in [1.29, 1.82) is 0 Å². The number of benzene rings is 1. The number of rotatable bonds is 12. The molecule has 9 heteroatoms. The summed E-state index contributed by atoms with van der Waals surface area (Å²) in [6.45, 7) is 9.46. The number of esters is 1. The zero-order chi connectivity index (χ0) is 26.9. The van der Waals surface area contributed by atoms with Gasteiger partial charge in [-0.2, -0.15) is 0 Å². The van der Waals surface area contributed by atoms with Crippen molar-refractivity contribution in [1.82, 2.24) is 10.6 Å². The van der Waals surface area contributed by atoms with Gasteiger partial charge in [0, 0.05) is 13.3 Å². The summed E-state index contributed by atoms with van der Waals surface area (Å²) in [5.41, 5.74) is -0.395. The molecule has 1 fully saturated rings. The molecule has 0 unspecified atom stereocenters. The van der Waals surface area contributed by atoms with Crippen LogP contribution in [-0.2, 0) is 30.3 Å². The molecule has 0 spiro atoms. The predicted molar refractivity (Wildman–Crippen MR) is 140 cm³/mol. The van der Waals surface area contributed by atoms with E-state index in [0.29, 0.717) is 25.2 Å². The smallest absolute Gasteiger partial charge is 0.328 e. The summed E-state index contributed by atoms with van der Waals surface area (Å²) in [6, 6.07) is 5.48. The van der Waals surface area contributed by atoms with E-state index in [9.17, 15) is 24.3 Å². The second kappa shape index (κ2) is 13.7. The normalized spacial score (nSPS) is 16.4. The van der Waals surface area contributed by atoms with Crippen LogP contribution in [0.3, 0.4) is 0 Å². The van der Waals surface area contributed by atoms with Crippen LogP contribution in [0.15, 0.2) is 24.3 Å². The molecule has 200 valence electrons. The maximum atomic E-state index is 13.6. The molecule has 2 rings (SSSR count). The lowest BCUT2D eigenvalue weighted by Gasteiger charge is -2.33. The SMILES string of the molecule is CC(=O)S[C@H](C(=O)NC1(C(=O)N[C@@H](Cc2ccc(O)cc2)C(=O)OCCC(C)C)CCCC1)C(C)C. The quantitative estimate of drug-likeness (QED) is 0.359. The van der Waals surface area contributed by atoms with Gasteiger partial charge in [-0.25, -0.2) is 4.79 Å². The Morgan fingerprint density at radius 2 is 1.67 bits per heavy atom. The zero-order valence-electron chi connectivity index (χ0n) is 22.0. The van der Waals surface area contributed by atoms with Crippen molar-refractivity contribution in [2.45, 2.75) is 90.0 Å². The minimum absolute atomic E-state index is 0.0985. The number of phenols is 1. The molecule has 1 aliphatic rings. The number of ether oxygens (including phenoxy) is 1. The molecule has 0 aromatic heterocycles. The average Bonchev–Trinajstić information content (AvgIpc) is 3.27. The zero-order valence-corrected chi connectivity index (χ0v) is 22.8. The summed E-state index contributed by atoms with van der Waals surface area (Å²) in [6.07, 6.45) is 3.33. The van der Waals surface area contributed by atoms with Crippen molar-refractivity contribution in [2.75, 3.05) is 6.61 Å². The van der Waals surface area contributed by atoms with Gasteiger partial charge in [0.25, 0.3) is 0 Å². The number of thioether (sulfide) groups is 1. The Bertz CT molecular complexity index is 909. The van der Waals surface area contributed by atoms with E-state index in [2.05, 4.69) is 10.6 Å². The van der Waals surface area contributed by atoms with Crippen LogP contribution < -0.4 is 10.6 Å². The Hall–Kier alpha value is -2.55. The Balaban J connectivity index is 2.22. The predicted octanol–water partition coefficient (Wildman–Crippen LogP) is 3.74. The van der Waals surface area contributed by atoms with Crippen molar-refractivity contribution in [2.24, 2.45) is 11.8 Å². The van der Waals surface area contributed by atoms with E-state index in [-0.39, 0.29) is 35.7 Å². The van der Waals surface area contributed by atoms with Crippen LogP contribution in [0, 0.1) is 11.8 Å². The molecule has 1 aliphatic carbocycles. The number of amides is 2. The summed E-state index contributed by atoms with van der Waals surface area (Å²) < 4.78 is 5.47. The highest BCUT2D eigenvalue weighted by molar-refractivity contribution is 8.14. The first-order valence-electron chi connectivity index (χ1n) is 12.7. The number of hydrogen-bond donors (Lipinski definition) is 3. The summed E-state index contributed by atoms with van der Waals surface area (Å²) in [4.78, 5) is 51.4. The van der Waals surface area contributed by atoms with Crippen LogP contribution in [0.25, 0.3) is 0 Å². The number of phenolic OH excluding ortho intramolecular Hbond substituents is 1. The molecule has 1 saturated carbocycles. The number of nitrogens with one attached hydrogen (secondary N) is 2. The van der Waals surface area contributed by atoms with Crippen molar-refractivity contribution in [3.8, 4) is 5.75 Å². The first-order valence-corrected chi connectivity index (χ1v) is 13.6. The minimum Gasteiger partial charge on any atom is -0.508 e. The summed E-state index contributed by atoms with van der Waals surface area (Å²) >= 11 is 0.965. The van der Waals surface area contributed by atoms with Crippen molar-refractivity contribution < 1.29 is 29.0 Å². The number of aromatic hydroxyl groups is 1. The summed E-state index contributed by atoms with van der Waals surface area (Å²) in [5, 5.41) is 14.6.